The van der Waals surface area contributed by atoms with Crippen LogP contribution in [0.2, 0.25) is 5.15 Å². The molecule has 1 aromatic heterocycles. The van der Waals surface area contributed by atoms with Crippen LogP contribution in [0.25, 0.3) is 11.0 Å². The van der Waals surface area contributed by atoms with Crippen molar-refractivity contribution in [2.45, 2.75) is 24.1 Å². The Kier molecular flexibility index (Phi) is 3.05. The molecule has 1 aromatic carbocycles. The maximum atomic E-state index is 12.0. The van der Waals surface area contributed by atoms with Gasteiger partial charge in [-0.1, -0.05) is 23.7 Å². The van der Waals surface area contributed by atoms with Crippen LogP contribution in [0.1, 0.15) is 13.8 Å². The third kappa shape index (κ3) is 2.12. The first-order valence-corrected chi connectivity index (χ1v) is 7.01. The summed E-state index contributed by atoms with van der Waals surface area (Å²) in [7, 11) is -3.50. The minimum atomic E-state index is -3.50. The van der Waals surface area contributed by atoms with Crippen molar-refractivity contribution in [2.75, 3.05) is 0 Å². The van der Waals surface area contributed by atoms with Gasteiger partial charge in [0.25, 0.3) is 0 Å². The minimum Gasteiger partial charge on any atom is -0.232 e. The van der Waals surface area contributed by atoms with E-state index >= 15 is 0 Å². The molecule has 0 fully saturated rings. The normalized spacial score (nSPS) is 12.2. The number of halogens is 1. The van der Waals surface area contributed by atoms with Crippen molar-refractivity contribution in [3.05, 3.63) is 29.4 Å². The van der Waals surface area contributed by atoms with E-state index in [9.17, 15) is 8.42 Å². The Morgan fingerprint density at radius 3 is 2.18 bits per heavy atom. The summed E-state index contributed by atoms with van der Waals surface area (Å²) in [6.45, 7) is 3.17. The number of rotatable bonds is 2. The lowest BCUT2D eigenvalue weighted by molar-refractivity contribution is 0.583. The van der Waals surface area contributed by atoms with Crippen molar-refractivity contribution in [3.63, 3.8) is 0 Å². The molecule has 4 nitrogen and oxygen atoms in total. The summed E-state index contributed by atoms with van der Waals surface area (Å²) >= 11 is 5.88. The lowest BCUT2D eigenvalue weighted by atomic mass is 10.3. The molecule has 0 bridgehead atoms. The SMILES string of the molecule is CC(C)S(=O)(=O)c1nc2ccccc2nc1Cl. The van der Waals surface area contributed by atoms with Crippen LogP contribution in [0.15, 0.2) is 29.3 Å². The second-order valence-corrected chi connectivity index (χ2v) is 6.68. The van der Waals surface area contributed by atoms with Crippen LogP contribution in [0, 0.1) is 0 Å². The first kappa shape index (κ1) is 12.3. The van der Waals surface area contributed by atoms with Gasteiger partial charge in [-0.3, -0.25) is 0 Å². The van der Waals surface area contributed by atoms with Gasteiger partial charge in [-0.2, -0.15) is 0 Å². The summed E-state index contributed by atoms with van der Waals surface area (Å²) in [5.41, 5.74) is 1.11. The van der Waals surface area contributed by atoms with Crippen LogP contribution in [-0.4, -0.2) is 23.6 Å². The topological polar surface area (TPSA) is 59.9 Å². The number of hydrogen-bond donors (Lipinski definition) is 0. The molecule has 6 heteroatoms. The second-order valence-electron chi connectivity index (χ2n) is 3.90. The Morgan fingerprint density at radius 1 is 1.12 bits per heavy atom. The molecule has 17 heavy (non-hydrogen) atoms. The number of fused-ring (bicyclic) bond motifs is 1. The van der Waals surface area contributed by atoms with Crippen molar-refractivity contribution in [1.29, 1.82) is 0 Å². The molecule has 0 N–H and O–H groups in total. The van der Waals surface area contributed by atoms with Gasteiger partial charge in [0, 0.05) is 0 Å². The summed E-state index contributed by atoms with van der Waals surface area (Å²) in [6.07, 6.45) is 0. The zero-order valence-corrected chi connectivity index (χ0v) is 11.0. The quantitative estimate of drug-likeness (QED) is 0.841. The van der Waals surface area contributed by atoms with Gasteiger partial charge < -0.3 is 0 Å². The van der Waals surface area contributed by atoms with Crippen LogP contribution in [-0.2, 0) is 9.84 Å². The Bertz CT molecular complexity index is 668. The van der Waals surface area contributed by atoms with Gasteiger partial charge in [0.05, 0.1) is 16.3 Å². The van der Waals surface area contributed by atoms with E-state index < -0.39 is 15.1 Å². The molecule has 0 unspecified atom stereocenters. The van der Waals surface area contributed by atoms with Gasteiger partial charge in [-0.15, -0.1) is 0 Å². The Labute approximate surface area is 105 Å². The zero-order valence-electron chi connectivity index (χ0n) is 9.38. The molecule has 2 rings (SSSR count). The number of hydrogen-bond acceptors (Lipinski definition) is 4. The van der Waals surface area contributed by atoms with E-state index in [0.29, 0.717) is 11.0 Å². The Morgan fingerprint density at radius 2 is 1.65 bits per heavy atom. The standard InChI is InChI=1S/C11H11ClN2O2S/c1-7(2)17(15,16)11-10(12)13-8-5-3-4-6-9(8)14-11/h3-7H,1-2H3. The van der Waals surface area contributed by atoms with E-state index in [-0.39, 0.29) is 10.2 Å². The van der Waals surface area contributed by atoms with Crippen LogP contribution in [0.4, 0.5) is 0 Å². The van der Waals surface area contributed by atoms with E-state index in [4.69, 9.17) is 11.6 Å². The zero-order chi connectivity index (χ0) is 12.6. The van der Waals surface area contributed by atoms with Gasteiger partial charge in [-0.25, -0.2) is 18.4 Å². The van der Waals surface area contributed by atoms with Gasteiger partial charge in [-0.05, 0) is 26.0 Å². The van der Waals surface area contributed by atoms with Crippen LogP contribution < -0.4 is 0 Å². The smallest absolute Gasteiger partial charge is 0.201 e. The third-order valence-corrected chi connectivity index (χ3v) is 4.83. The van der Waals surface area contributed by atoms with Crippen LogP contribution >= 0.6 is 11.6 Å². The number of para-hydroxylation sites is 2. The van der Waals surface area contributed by atoms with Gasteiger partial charge in [0.15, 0.2) is 10.2 Å². The minimum absolute atomic E-state index is 0.0719. The van der Waals surface area contributed by atoms with Gasteiger partial charge >= 0.3 is 0 Å². The summed E-state index contributed by atoms with van der Waals surface area (Å²) < 4.78 is 24.0. The number of benzene rings is 1. The average molecular weight is 271 g/mol. The lowest BCUT2D eigenvalue weighted by Crippen LogP contribution is -2.16. The fraction of sp³-hybridized carbons (Fsp3) is 0.273. The van der Waals surface area contributed by atoms with Crippen LogP contribution in [0.3, 0.4) is 0 Å². The number of aromatic nitrogens is 2. The molecule has 0 saturated carbocycles. The molecule has 0 amide bonds. The maximum absolute atomic E-state index is 12.0. The van der Waals surface area contributed by atoms with E-state index in [0.717, 1.165) is 0 Å². The maximum Gasteiger partial charge on any atom is 0.201 e. The molecule has 0 radical (unpaired) electrons. The summed E-state index contributed by atoms with van der Waals surface area (Å²) in [6, 6.07) is 7.01. The van der Waals surface area contributed by atoms with Gasteiger partial charge in [0.1, 0.15) is 0 Å². The van der Waals surface area contributed by atoms with E-state index in [1.165, 1.54) is 0 Å². The highest BCUT2D eigenvalue weighted by Crippen LogP contribution is 2.23. The Balaban J connectivity index is 2.76. The fourth-order valence-electron chi connectivity index (χ4n) is 1.37. The summed E-state index contributed by atoms with van der Waals surface area (Å²) in [5.74, 6) is 0. The van der Waals surface area contributed by atoms with Crippen molar-refractivity contribution >= 4 is 32.5 Å². The molecule has 0 spiro atoms. The number of sulfone groups is 1. The molecular weight excluding hydrogens is 260 g/mol. The van der Waals surface area contributed by atoms with E-state index in [2.05, 4.69) is 9.97 Å². The monoisotopic (exact) mass is 270 g/mol. The third-order valence-electron chi connectivity index (χ3n) is 2.39. The molecule has 0 aliphatic rings. The van der Waals surface area contributed by atoms with Crippen LogP contribution in [0.5, 0.6) is 0 Å². The summed E-state index contributed by atoms with van der Waals surface area (Å²) in [5, 5.41) is -0.791. The Hall–Kier alpha value is -1.20. The molecule has 90 valence electrons. The van der Waals surface area contributed by atoms with E-state index in [1.54, 1.807) is 38.1 Å². The van der Waals surface area contributed by atoms with Crippen molar-refractivity contribution in [2.24, 2.45) is 0 Å². The fourth-order valence-corrected chi connectivity index (χ4v) is 2.78. The highest BCUT2D eigenvalue weighted by Gasteiger charge is 2.25. The summed E-state index contributed by atoms with van der Waals surface area (Å²) in [4.78, 5) is 8.13. The van der Waals surface area contributed by atoms with E-state index in [1.807, 2.05) is 0 Å². The van der Waals surface area contributed by atoms with Gasteiger partial charge in [0.2, 0.25) is 9.84 Å². The first-order chi connectivity index (χ1) is 7.93. The molecule has 0 atom stereocenters. The van der Waals surface area contributed by atoms with Crippen molar-refractivity contribution in [3.8, 4) is 0 Å². The molecule has 2 aromatic rings. The molecular formula is C11H11ClN2O2S. The lowest BCUT2D eigenvalue weighted by Gasteiger charge is -2.08. The predicted molar refractivity (Wildman–Crippen MR) is 66.9 cm³/mol. The molecule has 0 aliphatic carbocycles. The van der Waals surface area contributed by atoms with Crippen molar-refractivity contribution in [1.82, 2.24) is 9.97 Å². The molecule has 1 heterocycles. The number of nitrogens with zero attached hydrogens (tertiary/aromatic N) is 2. The highest BCUT2D eigenvalue weighted by atomic mass is 35.5. The molecule has 0 saturated heterocycles. The first-order valence-electron chi connectivity index (χ1n) is 5.09. The second kappa shape index (κ2) is 4.23. The largest absolute Gasteiger partial charge is 0.232 e. The predicted octanol–water partition coefficient (Wildman–Crippen LogP) is 2.47. The van der Waals surface area contributed by atoms with Crippen molar-refractivity contribution < 1.29 is 8.42 Å². The molecule has 0 aliphatic heterocycles. The highest BCUT2D eigenvalue weighted by molar-refractivity contribution is 7.92. The average Bonchev–Trinajstić information content (AvgIpc) is 2.27.